The summed E-state index contributed by atoms with van der Waals surface area (Å²) < 4.78 is 38.0. The second kappa shape index (κ2) is 5.51. The van der Waals surface area contributed by atoms with Crippen molar-refractivity contribution >= 4 is 27.7 Å². The molecule has 2 amide bonds. The van der Waals surface area contributed by atoms with Crippen molar-refractivity contribution in [3.8, 4) is 0 Å². The Morgan fingerprint density at radius 2 is 1.96 bits per heavy atom. The Hall–Kier alpha value is -1.57. The van der Waals surface area contributed by atoms with Crippen molar-refractivity contribution in [3.05, 3.63) is 33.8 Å². The number of rotatable bonds is 3. The van der Waals surface area contributed by atoms with Gasteiger partial charge in [0.25, 0.3) is 0 Å². The minimum atomic E-state index is -4.98. The number of halogens is 4. The van der Waals surface area contributed by atoms with Crippen molar-refractivity contribution in [3.63, 3.8) is 0 Å². The van der Waals surface area contributed by atoms with Crippen molar-refractivity contribution in [2.45, 2.75) is 43.4 Å². The number of carbonyl (C=O) groups excluding carboxylic acids is 2. The number of hydrogen-bond donors (Lipinski definition) is 2. The fourth-order valence-corrected chi connectivity index (χ4v) is 3.26. The van der Waals surface area contributed by atoms with E-state index in [1.165, 1.54) is 0 Å². The highest BCUT2D eigenvalue weighted by atomic mass is 79.9. The van der Waals surface area contributed by atoms with Crippen LogP contribution in [0.5, 0.6) is 0 Å². The third-order valence-electron chi connectivity index (χ3n) is 4.28. The lowest BCUT2D eigenvalue weighted by Crippen LogP contribution is -2.53. The van der Waals surface area contributed by atoms with E-state index in [4.69, 9.17) is 0 Å². The van der Waals surface area contributed by atoms with E-state index in [-0.39, 0.29) is 18.9 Å². The summed E-state index contributed by atoms with van der Waals surface area (Å²) in [6, 6.07) is 5.50. The van der Waals surface area contributed by atoms with Gasteiger partial charge in [0, 0.05) is 4.47 Å². The van der Waals surface area contributed by atoms with Crippen LogP contribution in [0.25, 0.3) is 0 Å². The molecule has 0 spiro atoms. The molecule has 0 aromatic heterocycles. The van der Waals surface area contributed by atoms with Crippen LogP contribution in [0.15, 0.2) is 22.7 Å². The molecule has 0 aliphatic heterocycles. The van der Waals surface area contributed by atoms with Gasteiger partial charge in [-0.2, -0.15) is 13.2 Å². The lowest BCUT2D eigenvalue weighted by atomic mass is 10.1. The van der Waals surface area contributed by atoms with Crippen LogP contribution in [0.3, 0.4) is 0 Å². The standard InChI is InChI=1S/C15H14BrF3N2O2/c16-9-2-3-10-8(7-9)1-4-11(10)20-12(22)14(5-6-14)21-13(23)15(17,18)19/h2-3,7,11H,1,4-6H2,(H,20,22)(H,21,23). The Morgan fingerprint density at radius 1 is 1.26 bits per heavy atom. The number of fused-ring (bicyclic) bond motifs is 1. The van der Waals surface area contributed by atoms with E-state index in [1.807, 2.05) is 23.5 Å². The highest BCUT2D eigenvalue weighted by Crippen LogP contribution is 2.39. The predicted molar refractivity (Wildman–Crippen MR) is 79.5 cm³/mol. The molecule has 2 N–H and O–H groups in total. The van der Waals surface area contributed by atoms with Crippen molar-refractivity contribution < 1.29 is 22.8 Å². The number of carbonyl (C=O) groups is 2. The fourth-order valence-electron chi connectivity index (χ4n) is 2.85. The Bertz CT molecular complexity index is 671. The molecule has 1 saturated carbocycles. The Labute approximate surface area is 138 Å². The van der Waals surface area contributed by atoms with E-state index in [0.717, 1.165) is 22.0 Å². The normalized spacial score (nSPS) is 21.5. The van der Waals surface area contributed by atoms with Gasteiger partial charge in [0.1, 0.15) is 5.54 Å². The minimum Gasteiger partial charge on any atom is -0.347 e. The maximum atomic E-state index is 12.4. The van der Waals surface area contributed by atoms with Crippen molar-refractivity contribution in [2.24, 2.45) is 0 Å². The highest BCUT2D eigenvalue weighted by Gasteiger charge is 2.55. The number of amides is 2. The van der Waals surface area contributed by atoms with Gasteiger partial charge < -0.3 is 10.6 Å². The molecule has 4 nitrogen and oxygen atoms in total. The second-order valence-corrected chi connectivity index (χ2v) is 6.86. The van der Waals surface area contributed by atoms with Crippen molar-refractivity contribution in [2.75, 3.05) is 0 Å². The first-order valence-corrected chi connectivity index (χ1v) is 7.99. The molecule has 2 aliphatic rings. The van der Waals surface area contributed by atoms with Crippen LogP contribution in [0.2, 0.25) is 0 Å². The van der Waals surface area contributed by atoms with Gasteiger partial charge in [-0.1, -0.05) is 22.0 Å². The Kier molecular flexibility index (Phi) is 3.90. The number of alkyl halides is 3. The first-order valence-electron chi connectivity index (χ1n) is 7.20. The summed E-state index contributed by atoms with van der Waals surface area (Å²) in [5.74, 6) is -2.61. The molecule has 0 heterocycles. The summed E-state index contributed by atoms with van der Waals surface area (Å²) in [4.78, 5) is 23.4. The van der Waals surface area contributed by atoms with Crippen LogP contribution in [-0.2, 0) is 16.0 Å². The summed E-state index contributed by atoms with van der Waals surface area (Å²) >= 11 is 3.38. The average Bonchev–Trinajstić information content (AvgIpc) is 3.14. The lowest BCUT2D eigenvalue weighted by Gasteiger charge is -2.21. The maximum absolute atomic E-state index is 12.4. The second-order valence-electron chi connectivity index (χ2n) is 5.94. The molecule has 0 bridgehead atoms. The molecule has 124 valence electrons. The quantitative estimate of drug-likeness (QED) is 0.833. The zero-order valence-corrected chi connectivity index (χ0v) is 13.6. The Balaban J connectivity index is 1.68. The summed E-state index contributed by atoms with van der Waals surface area (Å²) in [5.41, 5.74) is 0.665. The molecule has 0 radical (unpaired) electrons. The first kappa shape index (κ1) is 16.3. The highest BCUT2D eigenvalue weighted by molar-refractivity contribution is 9.10. The van der Waals surface area contributed by atoms with E-state index >= 15 is 0 Å². The van der Waals surface area contributed by atoms with Crippen LogP contribution in [0, 0.1) is 0 Å². The molecule has 1 aromatic carbocycles. The zero-order chi connectivity index (χ0) is 16.8. The largest absolute Gasteiger partial charge is 0.471 e. The third-order valence-corrected chi connectivity index (χ3v) is 4.78. The van der Waals surface area contributed by atoms with Crippen LogP contribution in [0.4, 0.5) is 13.2 Å². The van der Waals surface area contributed by atoms with Crippen molar-refractivity contribution in [1.29, 1.82) is 0 Å². The summed E-state index contributed by atoms with van der Waals surface area (Å²) in [6.07, 6.45) is -3.05. The molecular weight excluding hydrogens is 377 g/mol. The van der Waals surface area contributed by atoms with E-state index < -0.39 is 23.5 Å². The number of aryl methyl sites for hydroxylation is 1. The Morgan fingerprint density at radius 3 is 2.57 bits per heavy atom. The van der Waals surface area contributed by atoms with E-state index in [0.29, 0.717) is 6.42 Å². The lowest BCUT2D eigenvalue weighted by molar-refractivity contribution is -0.175. The van der Waals surface area contributed by atoms with Gasteiger partial charge in [0.2, 0.25) is 5.91 Å². The van der Waals surface area contributed by atoms with E-state index in [9.17, 15) is 22.8 Å². The molecule has 1 fully saturated rings. The van der Waals surface area contributed by atoms with Gasteiger partial charge in [-0.3, -0.25) is 9.59 Å². The van der Waals surface area contributed by atoms with Gasteiger partial charge in [0.05, 0.1) is 6.04 Å². The van der Waals surface area contributed by atoms with Gasteiger partial charge in [-0.15, -0.1) is 0 Å². The summed E-state index contributed by atoms with van der Waals surface area (Å²) in [7, 11) is 0. The molecule has 1 unspecified atom stereocenters. The fraction of sp³-hybridized carbons (Fsp3) is 0.467. The van der Waals surface area contributed by atoms with Gasteiger partial charge >= 0.3 is 12.1 Å². The predicted octanol–water partition coefficient (Wildman–Crippen LogP) is 2.76. The van der Waals surface area contributed by atoms with E-state index in [1.54, 1.807) is 0 Å². The summed E-state index contributed by atoms with van der Waals surface area (Å²) in [6.45, 7) is 0. The van der Waals surface area contributed by atoms with Crippen LogP contribution < -0.4 is 10.6 Å². The molecule has 3 rings (SSSR count). The minimum absolute atomic E-state index is 0.223. The molecular formula is C15H14BrF3N2O2. The molecule has 23 heavy (non-hydrogen) atoms. The smallest absolute Gasteiger partial charge is 0.347 e. The molecule has 8 heteroatoms. The zero-order valence-electron chi connectivity index (χ0n) is 12.0. The molecule has 1 atom stereocenters. The van der Waals surface area contributed by atoms with Gasteiger partial charge in [-0.05, 0) is 48.9 Å². The molecule has 2 aliphatic carbocycles. The third kappa shape index (κ3) is 3.22. The number of benzene rings is 1. The van der Waals surface area contributed by atoms with Gasteiger partial charge in [-0.25, -0.2) is 0 Å². The van der Waals surface area contributed by atoms with E-state index in [2.05, 4.69) is 21.2 Å². The van der Waals surface area contributed by atoms with Crippen LogP contribution in [0.1, 0.15) is 36.4 Å². The SMILES string of the molecule is O=C(NC1(C(=O)NC2CCc3cc(Br)ccc32)CC1)C(F)(F)F. The topological polar surface area (TPSA) is 58.2 Å². The number of nitrogens with one attached hydrogen (secondary N) is 2. The maximum Gasteiger partial charge on any atom is 0.471 e. The van der Waals surface area contributed by atoms with Crippen LogP contribution in [-0.4, -0.2) is 23.5 Å². The first-order chi connectivity index (χ1) is 10.7. The summed E-state index contributed by atoms with van der Waals surface area (Å²) in [5, 5.41) is 4.61. The molecule has 0 saturated heterocycles. The van der Waals surface area contributed by atoms with Crippen molar-refractivity contribution in [1.82, 2.24) is 10.6 Å². The van der Waals surface area contributed by atoms with Crippen LogP contribution >= 0.6 is 15.9 Å². The number of hydrogen-bond acceptors (Lipinski definition) is 2. The average molecular weight is 391 g/mol. The molecule has 1 aromatic rings. The van der Waals surface area contributed by atoms with Gasteiger partial charge in [0.15, 0.2) is 0 Å². The monoisotopic (exact) mass is 390 g/mol.